The first-order valence-electron chi connectivity index (χ1n) is 8.54. The van der Waals surface area contributed by atoms with Gasteiger partial charge in [-0.25, -0.2) is 0 Å². The first-order valence-corrected chi connectivity index (χ1v) is 8.54. The molecule has 0 radical (unpaired) electrons. The molecule has 2 aliphatic rings. The predicted molar refractivity (Wildman–Crippen MR) is 84.8 cm³/mol. The largest absolute Gasteiger partial charge is 0.393 e. The molecule has 2 rings (SSSR count). The summed E-state index contributed by atoms with van der Waals surface area (Å²) in [6.45, 7) is 8.20. The summed E-state index contributed by atoms with van der Waals surface area (Å²) in [5, 5.41) is 10.3. The van der Waals surface area contributed by atoms with E-state index in [1.165, 1.54) is 38.8 Å². The highest BCUT2D eigenvalue weighted by Gasteiger charge is 2.32. The minimum Gasteiger partial charge on any atom is -0.393 e. The molecule has 0 aromatic rings. The summed E-state index contributed by atoms with van der Waals surface area (Å²) in [6.07, 6.45) is 5.97. The van der Waals surface area contributed by atoms with Gasteiger partial charge in [-0.1, -0.05) is 13.8 Å². The number of aliphatic hydroxyl groups is 1. The molecule has 1 N–H and O–H groups in total. The maximum atomic E-state index is 10.3. The third kappa shape index (κ3) is 4.19. The molecule has 0 amide bonds. The molecule has 20 heavy (non-hydrogen) atoms. The number of rotatable bonds is 4. The molecule has 1 heterocycles. The molecule has 0 aromatic heterocycles. The van der Waals surface area contributed by atoms with Gasteiger partial charge in [-0.05, 0) is 77.0 Å². The summed E-state index contributed by atoms with van der Waals surface area (Å²) in [7, 11) is 4.39. The number of aliphatic hydroxyl groups excluding tert-OH is 1. The van der Waals surface area contributed by atoms with Gasteiger partial charge in [0.2, 0.25) is 0 Å². The van der Waals surface area contributed by atoms with Crippen molar-refractivity contribution in [3.8, 4) is 0 Å². The quantitative estimate of drug-likeness (QED) is 0.858. The standard InChI is InChI=1S/C17H34N2O/c1-13(2)14-5-6-17(20)15(11-14)12-19-9-7-16(8-10-19)18(3)4/h13-17,20H,5-12H2,1-4H3. The Bertz CT molecular complexity index is 285. The van der Waals surface area contributed by atoms with Crippen molar-refractivity contribution in [2.45, 2.75) is 58.1 Å². The van der Waals surface area contributed by atoms with Crippen molar-refractivity contribution in [3.05, 3.63) is 0 Å². The summed E-state index contributed by atoms with van der Waals surface area (Å²) in [6, 6.07) is 0.756. The van der Waals surface area contributed by atoms with Gasteiger partial charge in [-0.3, -0.25) is 0 Å². The topological polar surface area (TPSA) is 26.7 Å². The normalized spacial score (nSPS) is 34.0. The fourth-order valence-corrected chi connectivity index (χ4v) is 4.04. The number of nitrogens with zero attached hydrogens (tertiary/aromatic N) is 2. The monoisotopic (exact) mass is 282 g/mol. The van der Waals surface area contributed by atoms with Crippen LogP contribution in [0.1, 0.15) is 46.0 Å². The lowest BCUT2D eigenvalue weighted by Gasteiger charge is -2.41. The van der Waals surface area contributed by atoms with E-state index < -0.39 is 0 Å². The number of hydrogen-bond acceptors (Lipinski definition) is 3. The minimum atomic E-state index is -0.0587. The summed E-state index contributed by atoms with van der Waals surface area (Å²) in [4.78, 5) is 4.96. The van der Waals surface area contributed by atoms with E-state index in [1.54, 1.807) is 0 Å². The van der Waals surface area contributed by atoms with Gasteiger partial charge < -0.3 is 14.9 Å². The molecule has 3 nitrogen and oxygen atoms in total. The van der Waals surface area contributed by atoms with Crippen LogP contribution < -0.4 is 0 Å². The fourth-order valence-electron chi connectivity index (χ4n) is 4.04. The van der Waals surface area contributed by atoms with Crippen molar-refractivity contribution in [1.29, 1.82) is 0 Å². The van der Waals surface area contributed by atoms with Gasteiger partial charge in [0.1, 0.15) is 0 Å². The Morgan fingerprint density at radius 2 is 1.75 bits per heavy atom. The predicted octanol–water partition coefficient (Wildman–Crippen LogP) is 2.45. The highest BCUT2D eigenvalue weighted by Crippen LogP contribution is 2.34. The van der Waals surface area contributed by atoms with Crippen LogP contribution in [0.2, 0.25) is 0 Å². The average molecular weight is 282 g/mol. The van der Waals surface area contributed by atoms with Gasteiger partial charge in [-0.15, -0.1) is 0 Å². The lowest BCUT2D eigenvalue weighted by atomic mass is 9.74. The highest BCUT2D eigenvalue weighted by molar-refractivity contribution is 4.85. The molecule has 1 aliphatic heterocycles. The summed E-state index contributed by atoms with van der Waals surface area (Å²) in [5.74, 6) is 2.10. The smallest absolute Gasteiger partial charge is 0.0580 e. The van der Waals surface area contributed by atoms with E-state index in [9.17, 15) is 5.11 Å². The van der Waals surface area contributed by atoms with Crippen molar-refractivity contribution in [1.82, 2.24) is 9.80 Å². The number of hydrogen-bond donors (Lipinski definition) is 1. The van der Waals surface area contributed by atoms with Crippen molar-refractivity contribution >= 4 is 0 Å². The molecule has 2 fully saturated rings. The van der Waals surface area contributed by atoms with Crippen molar-refractivity contribution in [2.75, 3.05) is 33.7 Å². The number of likely N-dealkylation sites (tertiary alicyclic amines) is 1. The zero-order valence-corrected chi connectivity index (χ0v) is 13.9. The third-order valence-corrected chi connectivity index (χ3v) is 5.71. The van der Waals surface area contributed by atoms with E-state index in [4.69, 9.17) is 0 Å². The van der Waals surface area contributed by atoms with Crippen molar-refractivity contribution in [3.63, 3.8) is 0 Å². The zero-order valence-electron chi connectivity index (χ0n) is 13.9. The molecule has 3 unspecified atom stereocenters. The maximum Gasteiger partial charge on any atom is 0.0580 e. The van der Waals surface area contributed by atoms with E-state index in [1.807, 2.05) is 0 Å². The van der Waals surface area contributed by atoms with Gasteiger partial charge >= 0.3 is 0 Å². The van der Waals surface area contributed by atoms with Crippen LogP contribution in [0.15, 0.2) is 0 Å². The first kappa shape index (κ1) is 16.3. The molecular formula is C17H34N2O. The van der Waals surface area contributed by atoms with Crippen LogP contribution in [0.25, 0.3) is 0 Å². The van der Waals surface area contributed by atoms with Gasteiger partial charge in [-0.2, -0.15) is 0 Å². The van der Waals surface area contributed by atoms with Crippen LogP contribution >= 0.6 is 0 Å². The molecule has 1 aliphatic carbocycles. The van der Waals surface area contributed by atoms with Crippen LogP contribution in [0.5, 0.6) is 0 Å². The molecular weight excluding hydrogens is 248 g/mol. The van der Waals surface area contributed by atoms with Crippen molar-refractivity contribution in [2.24, 2.45) is 17.8 Å². The van der Waals surface area contributed by atoms with Gasteiger partial charge in [0.15, 0.2) is 0 Å². The molecule has 1 saturated heterocycles. The lowest BCUT2D eigenvalue weighted by Crippen LogP contribution is -2.46. The third-order valence-electron chi connectivity index (χ3n) is 5.71. The van der Waals surface area contributed by atoms with Crippen LogP contribution in [0.3, 0.4) is 0 Å². The molecule has 0 aromatic carbocycles. The zero-order chi connectivity index (χ0) is 14.7. The van der Waals surface area contributed by atoms with Crippen LogP contribution in [0.4, 0.5) is 0 Å². The molecule has 3 heteroatoms. The van der Waals surface area contributed by atoms with Crippen LogP contribution in [-0.2, 0) is 0 Å². The molecule has 3 atom stereocenters. The Labute approximate surface area is 125 Å². The van der Waals surface area contributed by atoms with Gasteiger partial charge in [0.25, 0.3) is 0 Å². The Morgan fingerprint density at radius 3 is 2.30 bits per heavy atom. The second kappa shape index (κ2) is 7.24. The molecule has 0 spiro atoms. The Morgan fingerprint density at radius 1 is 1.10 bits per heavy atom. The van der Waals surface area contributed by atoms with E-state index in [0.717, 1.165) is 30.8 Å². The SMILES string of the molecule is CC(C)C1CCC(O)C(CN2CCC(N(C)C)CC2)C1. The first-order chi connectivity index (χ1) is 9.47. The highest BCUT2D eigenvalue weighted by atomic mass is 16.3. The van der Waals surface area contributed by atoms with Crippen molar-refractivity contribution < 1.29 is 5.11 Å². The Kier molecular flexibility index (Phi) is 5.88. The second-order valence-electron chi connectivity index (χ2n) is 7.64. The van der Waals surface area contributed by atoms with E-state index in [-0.39, 0.29) is 6.10 Å². The van der Waals surface area contributed by atoms with E-state index >= 15 is 0 Å². The Balaban J connectivity index is 1.80. The van der Waals surface area contributed by atoms with Crippen LogP contribution in [0, 0.1) is 17.8 Å². The van der Waals surface area contributed by atoms with Crippen LogP contribution in [-0.4, -0.2) is 60.8 Å². The average Bonchev–Trinajstić information content (AvgIpc) is 2.41. The molecule has 118 valence electrons. The van der Waals surface area contributed by atoms with E-state index in [2.05, 4.69) is 37.7 Å². The summed E-state index contributed by atoms with van der Waals surface area (Å²) in [5.41, 5.74) is 0. The molecule has 0 bridgehead atoms. The van der Waals surface area contributed by atoms with Gasteiger partial charge in [0.05, 0.1) is 6.10 Å². The van der Waals surface area contributed by atoms with Gasteiger partial charge in [0, 0.05) is 12.6 Å². The Hall–Kier alpha value is -0.120. The molecule has 1 saturated carbocycles. The second-order valence-corrected chi connectivity index (χ2v) is 7.64. The maximum absolute atomic E-state index is 10.3. The number of piperidine rings is 1. The fraction of sp³-hybridized carbons (Fsp3) is 1.00. The summed E-state index contributed by atoms with van der Waals surface area (Å²) >= 11 is 0. The lowest BCUT2D eigenvalue weighted by molar-refractivity contribution is 0.0113. The summed E-state index contributed by atoms with van der Waals surface area (Å²) < 4.78 is 0. The minimum absolute atomic E-state index is 0.0587. The van der Waals surface area contributed by atoms with E-state index in [0.29, 0.717) is 5.92 Å².